The molecule has 35 heavy (non-hydrogen) atoms. The van der Waals surface area contributed by atoms with Crippen molar-refractivity contribution in [2.75, 3.05) is 17.2 Å². The molecule has 0 aliphatic rings. The number of hydrogen-bond acceptors (Lipinski definition) is 6. The molecule has 0 saturated carbocycles. The topological polar surface area (TPSA) is 85.2 Å². The number of amides is 1. The zero-order valence-corrected chi connectivity index (χ0v) is 20.9. The number of carbonyl (C=O) groups excluding carboxylic acids is 1. The molecule has 0 atom stereocenters. The molecule has 0 spiro atoms. The van der Waals surface area contributed by atoms with Gasteiger partial charge in [-0.1, -0.05) is 29.5 Å². The average Bonchev–Trinajstić information content (AvgIpc) is 3.36. The van der Waals surface area contributed by atoms with Crippen LogP contribution < -0.4 is 4.90 Å². The van der Waals surface area contributed by atoms with Crippen LogP contribution in [0.25, 0.3) is 10.2 Å². The maximum absolute atomic E-state index is 14.2. The van der Waals surface area contributed by atoms with Gasteiger partial charge in [-0.2, -0.15) is 5.10 Å². The molecule has 2 aromatic heterocycles. The van der Waals surface area contributed by atoms with Crippen LogP contribution in [0.5, 0.6) is 0 Å². The summed E-state index contributed by atoms with van der Waals surface area (Å²) < 4.78 is 55.1. The predicted molar refractivity (Wildman–Crippen MR) is 131 cm³/mol. The normalized spacial score (nSPS) is 11.8. The summed E-state index contributed by atoms with van der Waals surface area (Å²) in [4.78, 5) is 19.1. The van der Waals surface area contributed by atoms with Crippen molar-refractivity contribution in [1.82, 2.24) is 14.8 Å². The molecule has 0 fully saturated rings. The molecule has 184 valence electrons. The Kier molecular flexibility index (Phi) is 7.27. The largest absolute Gasteiger partial charge is 0.286 e. The van der Waals surface area contributed by atoms with E-state index < -0.39 is 21.5 Å². The minimum atomic E-state index is -3.52. The number of aromatic nitrogens is 3. The highest BCUT2D eigenvalue weighted by Crippen LogP contribution is 2.31. The number of benzene rings is 2. The van der Waals surface area contributed by atoms with Crippen LogP contribution in [0.15, 0.2) is 53.4 Å². The molecule has 0 unspecified atom stereocenters. The molecule has 0 aliphatic heterocycles. The third-order valence-electron chi connectivity index (χ3n) is 5.48. The summed E-state index contributed by atoms with van der Waals surface area (Å²) in [6, 6.07) is 11.9. The van der Waals surface area contributed by atoms with Gasteiger partial charge in [0.25, 0.3) is 0 Å². The summed E-state index contributed by atoms with van der Waals surface area (Å²) in [5.74, 6) is -2.07. The minimum absolute atomic E-state index is 0.0121. The first-order valence-corrected chi connectivity index (χ1v) is 13.5. The Hall–Kier alpha value is -3.18. The Morgan fingerprint density at radius 1 is 1.11 bits per heavy atom. The van der Waals surface area contributed by atoms with Gasteiger partial charge in [0.2, 0.25) is 5.91 Å². The van der Waals surface area contributed by atoms with Crippen molar-refractivity contribution < 1.29 is 22.0 Å². The standard InChI is InChI=1S/C24H24F2N4O3S2/c1-16-13-17(2)30(28-16)11-10-29(24-27-23-20(26)14-18(25)15-21(23)34-24)22(31)9-6-12-35(32,33)19-7-4-3-5-8-19/h3-5,7-8,13-15H,6,9-12H2,1-2H3. The first-order valence-electron chi connectivity index (χ1n) is 11.0. The highest BCUT2D eigenvalue weighted by molar-refractivity contribution is 7.91. The molecule has 0 bridgehead atoms. The van der Waals surface area contributed by atoms with Crippen LogP contribution in [0.4, 0.5) is 13.9 Å². The fourth-order valence-electron chi connectivity index (χ4n) is 3.78. The third kappa shape index (κ3) is 5.73. The fourth-order valence-corrected chi connectivity index (χ4v) is 6.16. The Bertz CT molecular complexity index is 1470. The van der Waals surface area contributed by atoms with Gasteiger partial charge >= 0.3 is 0 Å². The van der Waals surface area contributed by atoms with Gasteiger partial charge in [0.05, 0.1) is 27.6 Å². The van der Waals surface area contributed by atoms with E-state index in [1.165, 1.54) is 23.1 Å². The van der Waals surface area contributed by atoms with Gasteiger partial charge in [0.1, 0.15) is 11.3 Å². The number of fused-ring (bicyclic) bond motifs is 1. The van der Waals surface area contributed by atoms with Crippen LogP contribution in [-0.4, -0.2) is 41.4 Å². The van der Waals surface area contributed by atoms with Crippen molar-refractivity contribution in [2.24, 2.45) is 0 Å². The number of rotatable bonds is 9. The number of nitrogens with zero attached hydrogens (tertiary/aromatic N) is 4. The van der Waals surface area contributed by atoms with E-state index >= 15 is 0 Å². The summed E-state index contributed by atoms with van der Waals surface area (Å²) in [5, 5.41) is 4.63. The number of sulfone groups is 1. The Morgan fingerprint density at radius 2 is 1.86 bits per heavy atom. The molecular weight excluding hydrogens is 494 g/mol. The van der Waals surface area contributed by atoms with Crippen LogP contribution >= 0.6 is 11.3 Å². The molecule has 0 N–H and O–H groups in total. The lowest BCUT2D eigenvalue weighted by molar-refractivity contribution is -0.118. The van der Waals surface area contributed by atoms with E-state index in [-0.39, 0.29) is 51.3 Å². The van der Waals surface area contributed by atoms with E-state index in [0.29, 0.717) is 6.54 Å². The molecule has 0 saturated heterocycles. The van der Waals surface area contributed by atoms with Crippen molar-refractivity contribution in [3.8, 4) is 0 Å². The van der Waals surface area contributed by atoms with Crippen LogP contribution in [0.3, 0.4) is 0 Å². The second kappa shape index (κ2) is 10.2. The van der Waals surface area contributed by atoms with Gasteiger partial charge in [0, 0.05) is 24.7 Å². The smallest absolute Gasteiger partial charge is 0.228 e. The molecule has 4 aromatic rings. The van der Waals surface area contributed by atoms with E-state index in [4.69, 9.17) is 0 Å². The number of aryl methyl sites for hydroxylation is 2. The van der Waals surface area contributed by atoms with Crippen LogP contribution in [0.2, 0.25) is 0 Å². The molecule has 4 rings (SSSR count). The van der Waals surface area contributed by atoms with E-state index in [1.54, 1.807) is 22.9 Å². The molecule has 0 radical (unpaired) electrons. The van der Waals surface area contributed by atoms with Gasteiger partial charge in [-0.25, -0.2) is 22.2 Å². The van der Waals surface area contributed by atoms with E-state index in [2.05, 4.69) is 10.1 Å². The van der Waals surface area contributed by atoms with Gasteiger partial charge < -0.3 is 0 Å². The number of carbonyl (C=O) groups is 1. The zero-order chi connectivity index (χ0) is 25.2. The van der Waals surface area contributed by atoms with Gasteiger partial charge in [-0.15, -0.1) is 0 Å². The SMILES string of the molecule is Cc1cc(C)n(CCN(C(=O)CCCS(=O)(=O)c2ccccc2)c2nc3c(F)cc(F)cc3s2)n1. The van der Waals surface area contributed by atoms with Crippen LogP contribution in [-0.2, 0) is 21.2 Å². The lowest BCUT2D eigenvalue weighted by Crippen LogP contribution is -2.34. The number of anilines is 1. The van der Waals surface area contributed by atoms with E-state index in [9.17, 15) is 22.0 Å². The predicted octanol–water partition coefficient (Wildman–Crippen LogP) is 4.68. The molecule has 0 aliphatic carbocycles. The first kappa shape index (κ1) is 24.9. The first-order chi connectivity index (χ1) is 16.6. The quantitative estimate of drug-likeness (QED) is 0.321. The summed E-state index contributed by atoms with van der Waals surface area (Å²) in [5.41, 5.74) is 1.74. The Morgan fingerprint density at radius 3 is 2.54 bits per heavy atom. The van der Waals surface area contributed by atoms with Gasteiger partial charge in [-0.3, -0.25) is 14.4 Å². The van der Waals surface area contributed by atoms with Crippen molar-refractivity contribution in [2.45, 2.75) is 38.1 Å². The summed E-state index contributed by atoms with van der Waals surface area (Å²) in [6.45, 7) is 4.32. The van der Waals surface area contributed by atoms with Gasteiger partial charge in [0.15, 0.2) is 20.8 Å². The molecule has 2 aromatic carbocycles. The lowest BCUT2D eigenvalue weighted by Gasteiger charge is -2.20. The molecule has 11 heteroatoms. The number of thiazole rings is 1. The highest BCUT2D eigenvalue weighted by Gasteiger charge is 2.23. The maximum Gasteiger partial charge on any atom is 0.228 e. The maximum atomic E-state index is 14.2. The van der Waals surface area contributed by atoms with E-state index in [0.717, 1.165) is 28.8 Å². The van der Waals surface area contributed by atoms with Crippen molar-refractivity contribution in [1.29, 1.82) is 0 Å². The molecule has 7 nitrogen and oxygen atoms in total. The van der Waals surface area contributed by atoms with Crippen molar-refractivity contribution in [3.63, 3.8) is 0 Å². The second-order valence-electron chi connectivity index (χ2n) is 8.16. The summed E-state index contributed by atoms with van der Waals surface area (Å²) in [7, 11) is -3.52. The van der Waals surface area contributed by atoms with E-state index in [1.807, 2.05) is 19.9 Å². The highest BCUT2D eigenvalue weighted by atomic mass is 32.2. The average molecular weight is 519 g/mol. The van der Waals surface area contributed by atoms with Crippen LogP contribution in [0, 0.1) is 25.5 Å². The Labute approximate surface area is 205 Å². The monoisotopic (exact) mass is 518 g/mol. The fraction of sp³-hybridized carbons (Fsp3) is 0.292. The second-order valence-corrected chi connectivity index (χ2v) is 11.3. The lowest BCUT2D eigenvalue weighted by atomic mass is 10.3. The number of halogens is 2. The minimum Gasteiger partial charge on any atom is -0.286 e. The number of hydrogen-bond donors (Lipinski definition) is 0. The van der Waals surface area contributed by atoms with Crippen LogP contribution in [0.1, 0.15) is 24.2 Å². The molecule has 1 amide bonds. The Balaban J connectivity index is 1.54. The zero-order valence-electron chi connectivity index (χ0n) is 19.2. The summed E-state index contributed by atoms with van der Waals surface area (Å²) >= 11 is 1.01. The van der Waals surface area contributed by atoms with Gasteiger partial charge in [-0.05, 0) is 44.5 Å². The third-order valence-corrected chi connectivity index (χ3v) is 8.32. The van der Waals surface area contributed by atoms with Crippen molar-refractivity contribution >= 4 is 42.4 Å². The molecular formula is C24H24F2N4O3S2. The van der Waals surface area contributed by atoms with Crippen molar-refractivity contribution in [3.05, 3.63) is 71.6 Å². The molecule has 2 heterocycles. The summed E-state index contributed by atoms with van der Waals surface area (Å²) in [6.07, 6.45) is 0.0658.